The van der Waals surface area contributed by atoms with Gasteiger partial charge in [0.05, 0.1) is 0 Å². The molecular formula is C16H28N2. The highest BCUT2D eigenvalue weighted by molar-refractivity contribution is 5.27. The van der Waals surface area contributed by atoms with Gasteiger partial charge in [0.1, 0.15) is 0 Å². The first-order chi connectivity index (χ1) is 8.42. The van der Waals surface area contributed by atoms with Crippen molar-refractivity contribution in [2.24, 2.45) is 0 Å². The smallest absolute Gasteiger partial charge is 0.0233 e. The molecule has 18 heavy (non-hydrogen) atoms. The molecule has 2 nitrogen and oxygen atoms in total. The highest BCUT2D eigenvalue weighted by atomic mass is 15.1. The zero-order valence-corrected chi connectivity index (χ0v) is 12.6. The number of rotatable bonds is 6. The second-order valence-electron chi connectivity index (χ2n) is 6.03. The van der Waals surface area contributed by atoms with Crippen LogP contribution in [0, 0.1) is 0 Å². The Morgan fingerprint density at radius 2 is 1.72 bits per heavy atom. The van der Waals surface area contributed by atoms with Gasteiger partial charge in [-0.2, -0.15) is 0 Å². The molecule has 0 aliphatic rings. The van der Waals surface area contributed by atoms with E-state index in [0.717, 1.165) is 26.1 Å². The SMILES string of the molecule is CCN(C)Cc1ccccc1CCNC(C)(C)C. The van der Waals surface area contributed by atoms with E-state index in [9.17, 15) is 0 Å². The molecule has 1 aromatic carbocycles. The van der Waals surface area contributed by atoms with Gasteiger partial charge in [0, 0.05) is 12.1 Å². The Bertz CT molecular complexity index is 352. The van der Waals surface area contributed by atoms with Crippen LogP contribution in [0.4, 0.5) is 0 Å². The van der Waals surface area contributed by atoms with E-state index in [-0.39, 0.29) is 5.54 Å². The molecule has 0 aliphatic carbocycles. The van der Waals surface area contributed by atoms with Crippen LogP contribution in [0.15, 0.2) is 24.3 Å². The highest BCUT2D eigenvalue weighted by Crippen LogP contribution is 2.12. The van der Waals surface area contributed by atoms with Crippen molar-refractivity contribution in [3.8, 4) is 0 Å². The lowest BCUT2D eigenvalue weighted by atomic mass is 10.0. The van der Waals surface area contributed by atoms with Crippen molar-refractivity contribution in [3.05, 3.63) is 35.4 Å². The Balaban J connectivity index is 2.59. The molecule has 0 bridgehead atoms. The van der Waals surface area contributed by atoms with Crippen LogP contribution in [-0.4, -0.2) is 30.6 Å². The number of nitrogens with zero attached hydrogens (tertiary/aromatic N) is 1. The van der Waals surface area contributed by atoms with E-state index in [1.807, 2.05) is 0 Å². The summed E-state index contributed by atoms with van der Waals surface area (Å²) in [6.07, 6.45) is 1.10. The average molecular weight is 248 g/mol. The van der Waals surface area contributed by atoms with Gasteiger partial charge in [-0.3, -0.25) is 0 Å². The van der Waals surface area contributed by atoms with Crippen LogP contribution in [-0.2, 0) is 13.0 Å². The van der Waals surface area contributed by atoms with Crippen LogP contribution in [0.5, 0.6) is 0 Å². The lowest BCUT2D eigenvalue weighted by Gasteiger charge is -2.21. The number of hydrogen-bond acceptors (Lipinski definition) is 2. The van der Waals surface area contributed by atoms with E-state index in [2.05, 4.69) is 69.2 Å². The van der Waals surface area contributed by atoms with Crippen molar-refractivity contribution in [1.29, 1.82) is 0 Å². The van der Waals surface area contributed by atoms with Crippen molar-refractivity contribution in [2.45, 2.75) is 46.2 Å². The highest BCUT2D eigenvalue weighted by Gasteiger charge is 2.09. The summed E-state index contributed by atoms with van der Waals surface area (Å²) in [5.41, 5.74) is 3.13. The van der Waals surface area contributed by atoms with Crippen LogP contribution >= 0.6 is 0 Å². The summed E-state index contributed by atoms with van der Waals surface area (Å²) >= 11 is 0. The molecule has 1 rings (SSSR count). The summed E-state index contributed by atoms with van der Waals surface area (Å²) in [4.78, 5) is 2.34. The topological polar surface area (TPSA) is 15.3 Å². The van der Waals surface area contributed by atoms with E-state index >= 15 is 0 Å². The Morgan fingerprint density at radius 1 is 1.11 bits per heavy atom. The Labute approximate surface area is 112 Å². The molecule has 0 radical (unpaired) electrons. The van der Waals surface area contributed by atoms with Gasteiger partial charge in [-0.15, -0.1) is 0 Å². The van der Waals surface area contributed by atoms with Gasteiger partial charge in [0.2, 0.25) is 0 Å². The monoisotopic (exact) mass is 248 g/mol. The summed E-state index contributed by atoms with van der Waals surface area (Å²) in [6, 6.07) is 8.78. The molecule has 0 aliphatic heterocycles. The molecule has 2 heteroatoms. The summed E-state index contributed by atoms with van der Waals surface area (Å²) < 4.78 is 0. The van der Waals surface area contributed by atoms with Gasteiger partial charge in [-0.05, 0) is 58.5 Å². The zero-order chi connectivity index (χ0) is 13.6. The Hall–Kier alpha value is -0.860. The van der Waals surface area contributed by atoms with Gasteiger partial charge in [0.25, 0.3) is 0 Å². The largest absolute Gasteiger partial charge is 0.312 e. The van der Waals surface area contributed by atoms with E-state index in [1.54, 1.807) is 0 Å². The molecule has 102 valence electrons. The molecule has 1 aromatic rings. The molecule has 0 fully saturated rings. The third-order valence-corrected chi connectivity index (χ3v) is 3.15. The fourth-order valence-electron chi connectivity index (χ4n) is 1.93. The third kappa shape index (κ3) is 5.65. The van der Waals surface area contributed by atoms with Gasteiger partial charge in [-0.25, -0.2) is 0 Å². The quantitative estimate of drug-likeness (QED) is 0.832. The molecule has 0 atom stereocenters. The lowest BCUT2D eigenvalue weighted by Crippen LogP contribution is -2.37. The van der Waals surface area contributed by atoms with Crippen molar-refractivity contribution >= 4 is 0 Å². The standard InChI is InChI=1S/C16H28N2/c1-6-18(5)13-15-10-8-7-9-14(15)11-12-17-16(2,3)4/h7-10,17H,6,11-13H2,1-5H3. The molecular weight excluding hydrogens is 220 g/mol. The maximum absolute atomic E-state index is 3.55. The Morgan fingerprint density at radius 3 is 2.28 bits per heavy atom. The third-order valence-electron chi connectivity index (χ3n) is 3.15. The number of benzene rings is 1. The van der Waals surface area contributed by atoms with E-state index in [0.29, 0.717) is 0 Å². The van der Waals surface area contributed by atoms with Crippen molar-refractivity contribution in [2.75, 3.05) is 20.1 Å². The predicted molar refractivity (Wildman–Crippen MR) is 79.9 cm³/mol. The maximum atomic E-state index is 3.55. The lowest BCUT2D eigenvalue weighted by molar-refractivity contribution is 0.344. The molecule has 0 amide bonds. The summed E-state index contributed by atoms with van der Waals surface area (Å²) in [6.45, 7) is 12.0. The fraction of sp³-hybridized carbons (Fsp3) is 0.625. The van der Waals surface area contributed by atoms with E-state index < -0.39 is 0 Å². The van der Waals surface area contributed by atoms with Crippen LogP contribution in [0.2, 0.25) is 0 Å². The van der Waals surface area contributed by atoms with E-state index in [4.69, 9.17) is 0 Å². The second-order valence-corrected chi connectivity index (χ2v) is 6.03. The van der Waals surface area contributed by atoms with Gasteiger partial charge < -0.3 is 10.2 Å². The van der Waals surface area contributed by atoms with Crippen LogP contribution in [0.1, 0.15) is 38.8 Å². The van der Waals surface area contributed by atoms with Gasteiger partial charge in [-0.1, -0.05) is 31.2 Å². The van der Waals surface area contributed by atoms with Crippen molar-refractivity contribution in [3.63, 3.8) is 0 Å². The minimum Gasteiger partial charge on any atom is -0.312 e. The Kier molecular flexibility index (Phi) is 5.83. The molecule has 0 unspecified atom stereocenters. The van der Waals surface area contributed by atoms with Crippen molar-refractivity contribution < 1.29 is 0 Å². The first kappa shape index (κ1) is 15.2. The van der Waals surface area contributed by atoms with E-state index in [1.165, 1.54) is 11.1 Å². The van der Waals surface area contributed by atoms with Crippen LogP contribution < -0.4 is 5.32 Å². The molecule has 0 aromatic heterocycles. The summed E-state index contributed by atoms with van der Waals surface area (Å²) in [5.74, 6) is 0. The first-order valence-corrected chi connectivity index (χ1v) is 6.92. The van der Waals surface area contributed by atoms with Crippen LogP contribution in [0.25, 0.3) is 0 Å². The minimum absolute atomic E-state index is 0.204. The molecule has 0 saturated heterocycles. The summed E-state index contributed by atoms with van der Waals surface area (Å²) in [7, 11) is 2.17. The number of nitrogens with one attached hydrogen (secondary N) is 1. The maximum Gasteiger partial charge on any atom is 0.0233 e. The second kappa shape index (κ2) is 6.91. The minimum atomic E-state index is 0.204. The zero-order valence-electron chi connectivity index (χ0n) is 12.6. The fourth-order valence-corrected chi connectivity index (χ4v) is 1.93. The molecule has 0 spiro atoms. The van der Waals surface area contributed by atoms with Gasteiger partial charge >= 0.3 is 0 Å². The predicted octanol–water partition coefficient (Wildman–Crippen LogP) is 3.07. The first-order valence-electron chi connectivity index (χ1n) is 6.92. The normalized spacial score (nSPS) is 12.1. The molecule has 1 N–H and O–H groups in total. The average Bonchev–Trinajstić information content (AvgIpc) is 2.29. The summed E-state index contributed by atoms with van der Waals surface area (Å²) in [5, 5.41) is 3.55. The van der Waals surface area contributed by atoms with Crippen LogP contribution in [0.3, 0.4) is 0 Å². The molecule has 0 heterocycles. The number of hydrogen-bond donors (Lipinski definition) is 1. The van der Waals surface area contributed by atoms with Crippen molar-refractivity contribution in [1.82, 2.24) is 10.2 Å². The molecule has 0 saturated carbocycles. The van der Waals surface area contributed by atoms with Gasteiger partial charge in [0.15, 0.2) is 0 Å².